The third kappa shape index (κ3) is 3.63. The zero-order chi connectivity index (χ0) is 17.0. The molecule has 2 aromatic rings. The summed E-state index contributed by atoms with van der Waals surface area (Å²) in [6.07, 6.45) is 4.09. The molecule has 0 unspecified atom stereocenters. The van der Waals surface area contributed by atoms with Gasteiger partial charge in [-0.1, -0.05) is 13.8 Å². The van der Waals surface area contributed by atoms with E-state index in [1.807, 2.05) is 26.0 Å². The molecule has 0 aromatic carbocycles. The molecule has 6 heteroatoms. The van der Waals surface area contributed by atoms with Gasteiger partial charge >= 0.3 is 0 Å². The minimum atomic E-state index is -0.341. The number of aromatic nitrogens is 1. The lowest BCUT2D eigenvalue weighted by atomic mass is 9.89. The zero-order valence-electron chi connectivity index (χ0n) is 13.6. The number of furan rings is 1. The molecule has 2 rings (SSSR count). The average molecular weight is 315 g/mol. The van der Waals surface area contributed by atoms with Crippen molar-refractivity contribution in [2.24, 2.45) is 5.41 Å². The van der Waals surface area contributed by atoms with Crippen molar-refractivity contribution < 1.29 is 14.3 Å². The van der Waals surface area contributed by atoms with Crippen LogP contribution in [-0.2, 0) is 0 Å². The van der Waals surface area contributed by atoms with Crippen molar-refractivity contribution >= 4 is 5.91 Å². The van der Waals surface area contributed by atoms with E-state index in [9.17, 15) is 10.1 Å². The SMILES string of the molecule is Cc1oc(-n2cccc2)c(C#N)c1C(=O)NCC(C)(C)CCO. The van der Waals surface area contributed by atoms with E-state index < -0.39 is 0 Å². The normalized spacial score (nSPS) is 11.3. The minimum Gasteiger partial charge on any atom is -0.443 e. The molecule has 122 valence electrons. The van der Waals surface area contributed by atoms with Gasteiger partial charge in [0, 0.05) is 25.5 Å². The molecule has 0 spiro atoms. The van der Waals surface area contributed by atoms with Gasteiger partial charge in [0.25, 0.3) is 5.91 Å². The predicted molar refractivity (Wildman–Crippen MR) is 85.3 cm³/mol. The number of nitrogens with one attached hydrogen (secondary N) is 1. The number of aryl methyl sites for hydroxylation is 1. The standard InChI is InChI=1S/C17H21N3O3/c1-12-14(15(22)19-11-17(2,3)6-9-21)13(10-18)16(23-12)20-7-4-5-8-20/h4-5,7-8,21H,6,9,11H2,1-3H3,(H,19,22). The number of aliphatic hydroxyl groups is 1. The summed E-state index contributed by atoms with van der Waals surface area (Å²) in [7, 11) is 0. The number of rotatable bonds is 6. The van der Waals surface area contributed by atoms with E-state index in [0.717, 1.165) is 0 Å². The van der Waals surface area contributed by atoms with E-state index in [4.69, 9.17) is 9.52 Å². The van der Waals surface area contributed by atoms with Crippen LogP contribution in [0.3, 0.4) is 0 Å². The van der Waals surface area contributed by atoms with E-state index in [0.29, 0.717) is 24.6 Å². The summed E-state index contributed by atoms with van der Waals surface area (Å²) in [6.45, 7) is 6.06. The van der Waals surface area contributed by atoms with Crippen LogP contribution in [0.5, 0.6) is 0 Å². The average Bonchev–Trinajstić information content (AvgIpc) is 3.11. The highest BCUT2D eigenvalue weighted by atomic mass is 16.4. The van der Waals surface area contributed by atoms with Gasteiger partial charge in [-0.2, -0.15) is 5.26 Å². The quantitative estimate of drug-likeness (QED) is 0.856. The molecular weight excluding hydrogens is 294 g/mol. The lowest BCUT2D eigenvalue weighted by Gasteiger charge is -2.23. The summed E-state index contributed by atoms with van der Waals surface area (Å²) in [5.74, 6) is 0.407. The van der Waals surface area contributed by atoms with Gasteiger partial charge < -0.3 is 14.8 Å². The molecule has 0 saturated heterocycles. The first kappa shape index (κ1) is 16.8. The molecule has 23 heavy (non-hydrogen) atoms. The van der Waals surface area contributed by atoms with Crippen molar-refractivity contribution in [3.8, 4) is 12.0 Å². The van der Waals surface area contributed by atoms with Crippen molar-refractivity contribution in [1.29, 1.82) is 5.26 Å². The molecule has 0 aliphatic carbocycles. The summed E-state index contributed by atoms with van der Waals surface area (Å²) < 4.78 is 7.29. The zero-order valence-corrected chi connectivity index (χ0v) is 13.6. The van der Waals surface area contributed by atoms with Gasteiger partial charge in [-0.05, 0) is 30.9 Å². The fourth-order valence-electron chi connectivity index (χ4n) is 2.36. The second kappa shape index (κ2) is 6.71. The first-order valence-corrected chi connectivity index (χ1v) is 7.45. The number of nitriles is 1. The first-order valence-electron chi connectivity index (χ1n) is 7.45. The van der Waals surface area contributed by atoms with Gasteiger partial charge in [0.15, 0.2) is 0 Å². The number of aliphatic hydroxyl groups excluding tert-OH is 1. The molecule has 0 aliphatic rings. The van der Waals surface area contributed by atoms with E-state index in [-0.39, 0.29) is 29.1 Å². The Hall–Kier alpha value is -2.52. The van der Waals surface area contributed by atoms with Crippen LogP contribution in [0.25, 0.3) is 5.88 Å². The molecule has 0 saturated carbocycles. The molecule has 2 aromatic heterocycles. The van der Waals surface area contributed by atoms with Gasteiger partial charge in [0.1, 0.15) is 23.0 Å². The molecule has 2 heterocycles. The molecule has 0 atom stereocenters. The maximum atomic E-state index is 12.5. The topological polar surface area (TPSA) is 91.2 Å². The number of hydrogen-bond donors (Lipinski definition) is 2. The highest BCUT2D eigenvalue weighted by Crippen LogP contribution is 2.26. The molecule has 1 amide bonds. The van der Waals surface area contributed by atoms with Crippen LogP contribution in [0.4, 0.5) is 0 Å². The molecule has 0 bridgehead atoms. The van der Waals surface area contributed by atoms with E-state index >= 15 is 0 Å². The largest absolute Gasteiger partial charge is 0.443 e. The maximum Gasteiger partial charge on any atom is 0.256 e. The van der Waals surface area contributed by atoms with Crippen molar-refractivity contribution in [3.05, 3.63) is 41.4 Å². The summed E-state index contributed by atoms with van der Waals surface area (Å²) in [4.78, 5) is 12.5. The Balaban J connectivity index is 2.26. The van der Waals surface area contributed by atoms with E-state index in [2.05, 4.69) is 11.4 Å². The van der Waals surface area contributed by atoms with Crippen molar-refractivity contribution in [1.82, 2.24) is 9.88 Å². The van der Waals surface area contributed by atoms with Crippen LogP contribution < -0.4 is 5.32 Å². The third-order valence-corrected chi connectivity index (χ3v) is 3.76. The van der Waals surface area contributed by atoms with Gasteiger partial charge in [-0.15, -0.1) is 0 Å². The summed E-state index contributed by atoms with van der Waals surface area (Å²) in [5, 5.41) is 21.3. The van der Waals surface area contributed by atoms with Crippen LogP contribution >= 0.6 is 0 Å². The number of hydrogen-bond acceptors (Lipinski definition) is 4. The molecule has 0 aliphatic heterocycles. The summed E-state index contributed by atoms with van der Waals surface area (Å²) in [5.41, 5.74) is 0.255. The highest BCUT2D eigenvalue weighted by Gasteiger charge is 2.26. The lowest BCUT2D eigenvalue weighted by molar-refractivity contribution is 0.0926. The van der Waals surface area contributed by atoms with E-state index in [1.54, 1.807) is 23.9 Å². The number of carbonyl (C=O) groups excluding carboxylic acids is 1. The monoisotopic (exact) mass is 315 g/mol. The van der Waals surface area contributed by atoms with Gasteiger partial charge in [-0.3, -0.25) is 9.36 Å². The Bertz CT molecular complexity index is 721. The first-order chi connectivity index (χ1) is 10.9. The Morgan fingerprint density at radius 2 is 2.09 bits per heavy atom. The number of nitrogens with zero attached hydrogens (tertiary/aromatic N) is 2. The number of amides is 1. The van der Waals surface area contributed by atoms with Gasteiger partial charge in [-0.25, -0.2) is 0 Å². The molecule has 6 nitrogen and oxygen atoms in total. The second-order valence-corrected chi connectivity index (χ2v) is 6.24. The number of carbonyl (C=O) groups is 1. The summed E-state index contributed by atoms with van der Waals surface area (Å²) >= 11 is 0. The smallest absolute Gasteiger partial charge is 0.256 e. The Kier molecular flexibility index (Phi) is 4.92. The minimum absolute atomic E-state index is 0.0643. The lowest BCUT2D eigenvalue weighted by Crippen LogP contribution is -2.35. The van der Waals surface area contributed by atoms with Crippen LogP contribution in [0.15, 0.2) is 28.9 Å². The molecule has 0 fully saturated rings. The molecule has 2 N–H and O–H groups in total. The third-order valence-electron chi connectivity index (χ3n) is 3.76. The van der Waals surface area contributed by atoms with Crippen LogP contribution in [0, 0.1) is 23.7 Å². The summed E-state index contributed by atoms with van der Waals surface area (Å²) in [6, 6.07) is 5.69. The Morgan fingerprint density at radius 1 is 1.43 bits per heavy atom. The Labute approximate surface area is 135 Å². The Morgan fingerprint density at radius 3 is 2.65 bits per heavy atom. The molecular formula is C17H21N3O3. The molecule has 0 radical (unpaired) electrons. The van der Waals surface area contributed by atoms with Crippen LogP contribution in [0.2, 0.25) is 0 Å². The fraction of sp³-hybridized carbons (Fsp3) is 0.412. The predicted octanol–water partition coefficient (Wildman–Crippen LogP) is 2.39. The van der Waals surface area contributed by atoms with Gasteiger partial charge in [0.05, 0.1) is 0 Å². The van der Waals surface area contributed by atoms with Crippen molar-refractivity contribution in [3.63, 3.8) is 0 Å². The maximum absolute atomic E-state index is 12.5. The van der Waals surface area contributed by atoms with Crippen molar-refractivity contribution in [2.45, 2.75) is 27.2 Å². The second-order valence-electron chi connectivity index (χ2n) is 6.24. The van der Waals surface area contributed by atoms with Crippen LogP contribution in [-0.4, -0.2) is 28.7 Å². The highest BCUT2D eigenvalue weighted by molar-refractivity contribution is 5.98. The fourth-order valence-corrected chi connectivity index (χ4v) is 2.36. The van der Waals surface area contributed by atoms with E-state index in [1.165, 1.54) is 0 Å². The van der Waals surface area contributed by atoms with Gasteiger partial charge in [0.2, 0.25) is 5.88 Å². The van der Waals surface area contributed by atoms with Crippen LogP contribution in [0.1, 0.15) is 41.9 Å². The van der Waals surface area contributed by atoms with Crippen molar-refractivity contribution in [2.75, 3.05) is 13.2 Å².